The van der Waals surface area contributed by atoms with Crippen LogP contribution in [0.25, 0.3) is 0 Å². The minimum atomic E-state index is -0.493. The van der Waals surface area contributed by atoms with Crippen LogP contribution in [0.4, 0.5) is 10.6 Å². The average Bonchev–Trinajstić information content (AvgIpc) is 2.27. The second-order valence-corrected chi connectivity index (χ2v) is 4.43. The van der Waals surface area contributed by atoms with Gasteiger partial charge in [-0.05, 0) is 18.1 Å². The van der Waals surface area contributed by atoms with Crippen molar-refractivity contribution in [2.75, 3.05) is 25.5 Å². The molecule has 1 aromatic rings. The third-order valence-electron chi connectivity index (χ3n) is 2.75. The fourth-order valence-electron chi connectivity index (χ4n) is 1.98. The van der Waals surface area contributed by atoms with E-state index in [1.165, 1.54) is 7.11 Å². The van der Waals surface area contributed by atoms with Gasteiger partial charge in [-0.3, -0.25) is 10.2 Å². The first-order chi connectivity index (χ1) is 8.17. The molecule has 1 saturated heterocycles. The van der Waals surface area contributed by atoms with Gasteiger partial charge in [0.25, 0.3) is 0 Å². The van der Waals surface area contributed by atoms with E-state index >= 15 is 0 Å². The zero-order chi connectivity index (χ0) is 12.3. The number of aromatic nitrogens is 1. The lowest BCUT2D eigenvalue weighted by molar-refractivity contribution is 0.103. The monoisotopic (exact) mass is 235 g/mol. The van der Waals surface area contributed by atoms with E-state index in [1.54, 1.807) is 6.07 Å². The van der Waals surface area contributed by atoms with Crippen molar-refractivity contribution in [3.8, 4) is 0 Å². The van der Waals surface area contributed by atoms with Crippen LogP contribution in [0.2, 0.25) is 0 Å². The van der Waals surface area contributed by atoms with Crippen LogP contribution in [0.5, 0.6) is 0 Å². The molecule has 0 unspecified atom stereocenters. The van der Waals surface area contributed by atoms with Gasteiger partial charge in [-0.1, -0.05) is 13.0 Å². The number of pyridine rings is 1. The van der Waals surface area contributed by atoms with Crippen LogP contribution < -0.4 is 5.32 Å². The second-order valence-electron chi connectivity index (χ2n) is 4.43. The van der Waals surface area contributed by atoms with Gasteiger partial charge in [0.05, 0.1) is 12.8 Å². The Balaban J connectivity index is 1.94. The van der Waals surface area contributed by atoms with Crippen molar-refractivity contribution >= 4 is 11.9 Å². The number of rotatable bonds is 3. The van der Waals surface area contributed by atoms with Crippen molar-refractivity contribution in [1.82, 2.24) is 9.88 Å². The molecule has 1 fully saturated rings. The molecule has 5 nitrogen and oxygen atoms in total. The molecule has 1 aliphatic rings. The quantitative estimate of drug-likeness (QED) is 0.866. The van der Waals surface area contributed by atoms with E-state index in [4.69, 9.17) is 0 Å². The van der Waals surface area contributed by atoms with Gasteiger partial charge in [0.1, 0.15) is 5.82 Å². The highest BCUT2D eigenvalue weighted by Crippen LogP contribution is 2.17. The van der Waals surface area contributed by atoms with Crippen LogP contribution in [-0.4, -0.2) is 36.2 Å². The highest BCUT2D eigenvalue weighted by Gasteiger charge is 2.22. The summed E-state index contributed by atoms with van der Waals surface area (Å²) in [5, 5.41) is 2.56. The minimum Gasteiger partial charge on any atom is -0.453 e. The summed E-state index contributed by atoms with van der Waals surface area (Å²) in [6, 6.07) is 5.60. The average molecular weight is 235 g/mol. The fourth-order valence-corrected chi connectivity index (χ4v) is 1.98. The van der Waals surface area contributed by atoms with E-state index in [-0.39, 0.29) is 0 Å². The molecule has 0 aliphatic carbocycles. The molecule has 0 radical (unpaired) electrons. The van der Waals surface area contributed by atoms with Gasteiger partial charge >= 0.3 is 6.09 Å². The number of carbonyl (C=O) groups is 1. The molecular formula is C12H17N3O2. The fraction of sp³-hybridized carbons (Fsp3) is 0.500. The van der Waals surface area contributed by atoms with Crippen LogP contribution in [0.1, 0.15) is 12.6 Å². The minimum absolute atomic E-state index is 0.493. The van der Waals surface area contributed by atoms with Crippen molar-refractivity contribution in [2.45, 2.75) is 13.5 Å². The lowest BCUT2D eigenvalue weighted by atomic mass is 10.0. The molecule has 92 valence electrons. The van der Waals surface area contributed by atoms with Crippen LogP contribution in [0.3, 0.4) is 0 Å². The lowest BCUT2D eigenvalue weighted by Gasteiger charge is -2.36. The topological polar surface area (TPSA) is 54.5 Å². The van der Waals surface area contributed by atoms with Crippen molar-refractivity contribution in [2.24, 2.45) is 5.92 Å². The summed E-state index contributed by atoms with van der Waals surface area (Å²) in [4.78, 5) is 17.7. The summed E-state index contributed by atoms with van der Waals surface area (Å²) in [6.07, 6.45) is -0.493. The first-order valence-electron chi connectivity index (χ1n) is 5.70. The number of hydrogen-bond acceptors (Lipinski definition) is 4. The smallest absolute Gasteiger partial charge is 0.412 e. The Labute approximate surface area is 101 Å². The van der Waals surface area contributed by atoms with Gasteiger partial charge in [-0.15, -0.1) is 0 Å². The zero-order valence-corrected chi connectivity index (χ0v) is 10.1. The largest absolute Gasteiger partial charge is 0.453 e. The summed E-state index contributed by atoms with van der Waals surface area (Å²) in [7, 11) is 1.33. The molecule has 1 aliphatic heterocycles. The predicted octanol–water partition coefficient (Wildman–Crippen LogP) is 1.71. The molecular weight excluding hydrogens is 218 g/mol. The maximum atomic E-state index is 11.0. The lowest BCUT2D eigenvalue weighted by Crippen LogP contribution is -2.44. The maximum absolute atomic E-state index is 11.0. The van der Waals surface area contributed by atoms with E-state index < -0.39 is 6.09 Å². The molecule has 17 heavy (non-hydrogen) atoms. The summed E-state index contributed by atoms with van der Waals surface area (Å²) < 4.78 is 4.52. The molecule has 0 saturated carbocycles. The Morgan fingerprint density at radius 3 is 3.00 bits per heavy atom. The number of nitrogens with zero attached hydrogens (tertiary/aromatic N) is 2. The Morgan fingerprint density at radius 1 is 1.59 bits per heavy atom. The number of amides is 1. The predicted molar refractivity (Wildman–Crippen MR) is 64.7 cm³/mol. The summed E-state index contributed by atoms with van der Waals surface area (Å²) in [6.45, 7) is 5.31. The van der Waals surface area contributed by atoms with Crippen LogP contribution in [-0.2, 0) is 11.3 Å². The summed E-state index contributed by atoms with van der Waals surface area (Å²) >= 11 is 0. The van der Waals surface area contributed by atoms with Crippen molar-refractivity contribution in [1.29, 1.82) is 0 Å². The van der Waals surface area contributed by atoms with Crippen molar-refractivity contribution < 1.29 is 9.53 Å². The Morgan fingerprint density at radius 2 is 2.35 bits per heavy atom. The Kier molecular flexibility index (Phi) is 3.58. The molecule has 1 aromatic heterocycles. The SMILES string of the molecule is COC(=O)Nc1cccc(CN2CC(C)C2)n1. The molecule has 0 spiro atoms. The van der Waals surface area contributed by atoms with E-state index in [9.17, 15) is 4.79 Å². The van der Waals surface area contributed by atoms with Gasteiger partial charge in [0.15, 0.2) is 0 Å². The summed E-state index contributed by atoms with van der Waals surface area (Å²) in [5.74, 6) is 1.31. The molecule has 2 rings (SSSR count). The molecule has 5 heteroatoms. The third kappa shape index (κ3) is 3.17. The molecule has 1 amide bonds. The van der Waals surface area contributed by atoms with Crippen molar-refractivity contribution in [3.05, 3.63) is 23.9 Å². The van der Waals surface area contributed by atoms with Gasteiger partial charge in [-0.25, -0.2) is 9.78 Å². The number of hydrogen-bond donors (Lipinski definition) is 1. The molecule has 0 bridgehead atoms. The van der Waals surface area contributed by atoms with Crippen LogP contribution in [0, 0.1) is 5.92 Å². The van der Waals surface area contributed by atoms with Gasteiger partial charge in [0, 0.05) is 19.6 Å². The Hall–Kier alpha value is -1.62. The number of nitrogens with one attached hydrogen (secondary N) is 1. The van der Waals surface area contributed by atoms with Gasteiger partial charge in [0.2, 0.25) is 0 Å². The molecule has 2 heterocycles. The number of likely N-dealkylation sites (tertiary alicyclic amines) is 1. The normalized spacial score (nSPS) is 16.4. The first kappa shape index (κ1) is 11.9. The standard InChI is InChI=1S/C12H17N3O2/c1-9-6-15(7-9)8-10-4-3-5-11(13-10)14-12(16)17-2/h3-5,9H,6-8H2,1-2H3,(H,13,14,16). The number of ether oxygens (including phenoxy) is 1. The maximum Gasteiger partial charge on any atom is 0.412 e. The highest BCUT2D eigenvalue weighted by molar-refractivity contribution is 5.83. The summed E-state index contributed by atoms with van der Waals surface area (Å²) in [5.41, 5.74) is 0.964. The van der Waals surface area contributed by atoms with Crippen molar-refractivity contribution in [3.63, 3.8) is 0 Å². The molecule has 0 aromatic carbocycles. The van der Waals surface area contributed by atoms with E-state index in [1.807, 2.05) is 12.1 Å². The van der Waals surface area contributed by atoms with E-state index in [2.05, 4.69) is 26.9 Å². The first-order valence-corrected chi connectivity index (χ1v) is 5.70. The number of carbonyl (C=O) groups excluding carboxylic acids is 1. The number of methoxy groups -OCH3 is 1. The second kappa shape index (κ2) is 5.14. The van der Waals surface area contributed by atoms with Gasteiger partial charge in [-0.2, -0.15) is 0 Å². The third-order valence-corrected chi connectivity index (χ3v) is 2.75. The molecule has 0 atom stereocenters. The highest BCUT2D eigenvalue weighted by atomic mass is 16.5. The van der Waals surface area contributed by atoms with Gasteiger partial charge < -0.3 is 4.74 Å². The molecule has 1 N–H and O–H groups in total. The Bertz CT molecular complexity index is 402. The van der Waals surface area contributed by atoms with E-state index in [0.29, 0.717) is 5.82 Å². The van der Waals surface area contributed by atoms with Crippen LogP contribution >= 0.6 is 0 Å². The zero-order valence-electron chi connectivity index (χ0n) is 10.1. The van der Waals surface area contributed by atoms with E-state index in [0.717, 1.165) is 31.2 Å². The number of anilines is 1. The van der Waals surface area contributed by atoms with Crippen LogP contribution in [0.15, 0.2) is 18.2 Å².